The molecule has 9 nitrogen and oxygen atoms in total. The third-order valence-corrected chi connectivity index (χ3v) is 8.25. The number of rotatable bonds is 7. The Kier molecular flexibility index (Phi) is 7.98. The Morgan fingerprint density at radius 1 is 1.07 bits per heavy atom. The van der Waals surface area contributed by atoms with E-state index in [1.165, 1.54) is 6.07 Å². The minimum atomic E-state index is -1.37. The topological polar surface area (TPSA) is 129 Å². The van der Waals surface area contributed by atoms with Gasteiger partial charge in [0.25, 0.3) is 5.91 Å². The number of esters is 1. The van der Waals surface area contributed by atoms with Crippen LogP contribution >= 0.6 is 0 Å². The van der Waals surface area contributed by atoms with Crippen LogP contribution < -0.4 is 16.0 Å². The quantitative estimate of drug-likeness (QED) is 0.505. The second-order valence-electron chi connectivity index (χ2n) is 10.7. The van der Waals surface area contributed by atoms with Crippen molar-refractivity contribution in [2.45, 2.75) is 49.8 Å². The SMILES string of the molecule is N#Cc1ccccc1N1CCC(N2CCC(NC(=O)CC3C(=O)O[C@@H](C(N)=O)C3c3ccc(F)c(F)c3)C2)CC1. The lowest BCUT2D eigenvalue weighted by molar-refractivity contribution is -0.149. The monoisotopic (exact) mass is 551 g/mol. The third-order valence-electron chi connectivity index (χ3n) is 8.25. The number of primary amides is 1. The molecular formula is C29H31F2N5O4. The predicted molar refractivity (Wildman–Crippen MR) is 141 cm³/mol. The van der Waals surface area contributed by atoms with E-state index in [0.29, 0.717) is 18.2 Å². The Bertz CT molecular complexity index is 1340. The number of amides is 2. The maximum atomic E-state index is 13.9. The van der Waals surface area contributed by atoms with Crippen molar-refractivity contribution in [3.63, 3.8) is 0 Å². The summed E-state index contributed by atoms with van der Waals surface area (Å²) < 4.78 is 32.6. The van der Waals surface area contributed by atoms with Gasteiger partial charge in [-0.15, -0.1) is 0 Å². The third kappa shape index (κ3) is 5.63. The molecule has 3 fully saturated rings. The molecule has 3 unspecified atom stereocenters. The van der Waals surface area contributed by atoms with Gasteiger partial charge in [-0.3, -0.25) is 19.3 Å². The van der Waals surface area contributed by atoms with Crippen molar-refractivity contribution in [2.75, 3.05) is 31.1 Å². The zero-order chi connectivity index (χ0) is 28.4. The maximum Gasteiger partial charge on any atom is 0.311 e. The van der Waals surface area contributed by atoms with E-state index in [1.54, 1.807) is 0 Å². The molecule has 3 N–H and O–H groups in total. The average molecular weight is 552 g/mol. The summed E-state index contributed by atoms with van der Waals surface area (Å²) in [6.45, 7) is 3.19. The van der Waals surface area contributed by atoms with Gasteiger partial charge in [-0.05, 0) is 49.1 Å². The Balaban J connectivity index is 1.17. The number of hydrogen-bond donors (Lipinski definition) is 2. The molecule has 3 aliphatic heterocycles. The molecule has 0 spiro atoms. The van der Waals surface area contributed by atoms with Crippen LogP contribution in [-0.4, -0.2) is 67.1 Å². The summed E-state index contributed by atoms with van der Waals surface area (Å²) in [5.41, 5.74) is 7.21. The minimum absolute atomic E-state index is 0.101. The summed E-state index contributed by atoms with van der Waals surface area (Å²) in [6.07, 6.45) is 1.01. The maximum absolute atomic E-state index is 13.9. The van der Waals surface area contributed by atoms with E-state index in [-0.39, 0.29) is 23.9 Å². The number of halogens is 2. The number of cyclic esters (lactones) is 1. The first-order chi connectivity index (χ1) is 19.2. The van der Waals surface area contributed by atoms with Gasteiger partial charge in [0.1, 0.15) is 6.07 Å². The van der Waals surface area contributed by atoms with Crippen LogP contribution in [0.3, 0.4) is 0 Å². The molecular weight excluding hydrogens is 520 g/mol. The number of likely N-dealkylation sites (tertiary alicyclic amines) is 1. The van der Waals surface area contributed by atoms with Crippen LogP contribution in [0.5, 0.6) is 0 Å². The fourth-order valence-corrected chi connectivity index (χ4v) is 6.25. The Morgan fingerprint density at radius 2 is 1.82 bits per heavy atom. The summed E-state index contributed by atoms with van der Waals surface area (Å²) in [4.78, 5) is 42.2. The fourth-order valence-electron chi connectivity index (χ4n) is 6.25. The van der Waals surface area contributed by atoms with Gasteiger partial charge in [0.2, 0.25) is 5.91 Å². The van der Waals surface area contributed by atoms with E-state index >= 15 is 0 Å². The number of nitrogens with two attached hydrogens (primary N) is 1. The summed E-state index contributed by atoms with van der Waals surface area (Å²) in [5.74, 6) is -6.32. The number of carbonyl (C=O) groups excluding carboxylic acids is 3. The van der Waals surface area contributed by atoms with Crippen LogP contribution in [0.4, 0.5) is 14.5 Å². The molecule has 2 aromatic carbocycles. The van der Waals surface area contributed by atoms with Crippen LogP contribution in [0.25, 0.3) is 0 Å². The molecule has 40 heavy (non-hydrogen) atoms. The number of nitrogens with one attached hydrogen (secondary N) is 1. The summed E-state index contributed by atoms with van der Waals surface area (Å²) in [5, 5.41) is 12.4. The Hall–Kier alpha value is -4.04. The molecule has 5 rings (SSSR count). The molecule has 0 aliphatic carbocycles. The van der Waals surface area contributed by atoms with Gasteiger partial charge in [0.05, 0.1) is 17.2 Å². The van der Waals surface area contributed by atoms with Crippen LogP contribution in [0.15, 0.2) is 42.5 Å². The molecule has 0 bridgehead atoms. The van der Waals surface area contributed by atoms with Gasteiger partial charge in [-0.1, -0.05) is 18.2 Å². The van der Waals surface area contributed by atoms with Gasteiger partial charge < -0.3 is 20.7 Å². The second kappa shape index (κ2) is 11.6. The highest BCUT2D eigenvalue weighted by Gasteiger charge is 2.49. The van der Waals surface area contributed by atoms with E-state index < -0.39 is 41.5 Å². The lowest BCUT2D eigenvalue weighted by atomic mass is 9.81. The van der Waals surface area contributed by atoms with Crippen LogP contribution in [-0.2, 0) is 19.1 Å². The van der Waals surface area contributed by atoms with Crippen LogP contribution in [0.1, 0.15) is 42.7 Å². The Morgan fingerprint density at radius 3 is 2.52 bits per heavy atom. The van der Waals surface area contributed by atoms with Gasteiger partial charge >= 0.3 is 5.97 Å². The number of hydrogen-bond acceptors (Lipinski definition) is 7. The molecule has 2 amide bonds. The van der Waals surface area contributed by atoms with Crippen molar-refractivity contribution in [1.29, 1.82) is 5.26 Å². The standard InChI is InChI=1S/C29H31F2N5O4/c30-22-6-5-17(13-23(22)31)26-21(29(39)40-27(26)28(33)38)14-25(37)34-19-7-10-36(16-19)20-8-11-35(12-9-20)24-4-2-1-3-18(24)15-32/h1-6,13,19-21,26-27H,7-12,14,16H2,(H2,33,38)(H,34,37)/t19?,21?,26?,27-/m1/s1. The number of para-hydroxylation sites is 1. The fraction of sp³-hybridized carbons (Fsp3) is 0.448. The number of nitrogens with zero attached hydrogens (tertiary/aromatic N) is 3. The first kappa shape index (κ1) is 27.5. The largest absolute Gasteiger partial charge is 0.451 e. The molecule has 0 saturated carbocycles. The molecule has 0 radical (unpaired) electrons. The highest BCUT2D eigenvalue weighted by molar-refractivity contribution is 5.91. The first-order valence-corrected chi connectivity index (χ1v) is 13.5. The molecule has 0 aromatic heterocycles. The molecule has 210 valence electrons. The highest BCUT2D eigenvalue weighted by Crippen LogP contribution is 2.39. The smallest absolute Gasteiger partial charge is 0.311 e. The number of ether oxygens (including phenoxy) is 1. The van der Waals surface area contributed by atoms with E-state index in [9.17, 15) is 28.4 Å². The number of piperidine rings is 1. The van der Waals surface area contributed by atoms with Crippen molar-refractivity contribution in [3.05, 3.63) is 65.2 Å². The van der Waals surface area contributed by atoms with E-state index in [1.807, 2.05) is 24.3 Å². The lowest BCUT2D eigenvalue weighted by Crippen LogP contribution is -2.46. The average Bonchev–Trinajstić information content (AvgIpc) is 3.54. The zero-order valence-corrected chi connectivity index (χ0v) is 21.9. The van der Waals surface area contributed by atoms with Crippen molar-refractivity contribution >= 4 is 23.5 Å². The summed E-state index contributed by atoms with van der Waals surface area (Å²) >= 11 is 0. The molecule has 3 aliphatic rings. The van der Waals surface area contributed by atoms with Gasteiger partial charge in [0, 0.05) is 50.6 Å². The van der Waals surface area contributed by atoms with Gasteiger partial charge in [0.15, 0.2) is 17.7 Å². The zero-order valence-electron chi connectivity index (χ0n) is 21.9. The van der Waals surface area contributed by atoms with Crippen molar-refractivity contribution < 1.29 is 27.9 Å². The van der Waals surface area contributed by atoms with E-state index in [0.717, 1.165) is 56.7 Å². The van der Waals surface area contributed by atoms with Crippen molar-refractivity contribution in [3.8, 4) is 6.07 Å². The summed E-state index contributed by atoms with van der Waals surface area (Å²) in [6, 6.07) is 13.2. The second-order valence-corrected chi connectivity index (χ2v) is 10.7. The molecule has 2 aromatic rings. The number of anilines is 1. The first-order valence-electron chi connectivity index (χ1n) is 13.5. The summed E-state index contributed by atoms with van der Waals surface area (Å²) in [7, 11) is 0. The minimum Gasteiger partial charge on any atom is -0.451 e. The van der Waals surface area contributed by atoms with Crippen molar-refractivity contribution in [1.82, 2.24) is 10.2 Å². The molecule has 4 atom stereocenters. The van der Waals surface area contributed by atoms with Gasteiger partial charge in [-0.25, -0.2) is 8.78 Å². The predicted octanol–water partition coefficient (Wildman–Crippen LogP) is 2.20. The molecule has 3 saturated heterocycles. The molecule has 3 heterocycles. The van der Waals surface area contributed by atoms with Gasteiger partial charge in [-0.2, -0.15) is 5.26 Å². The number of nitriles is 1. The van der Waals surface area contributed by atoms with Crippen LogP contribution in [0, 0.1) is 28.9 Å². The lowest BCUT2D eigenvalue weighted by Gasteiger charge is -2.38. The van der Waals surface area contributed by atoms with Crippen molar-refractivity contribution in [2.24, 2.45) is 11.7 Å². The van der Waals surface area contributed by atoms with E-state index in [4.69, 9.17) is 10.5 Å². The van der Waals surface area contributed by atoms with E-state index in [2.05, 4.69) is 21.2 Å². The number of benzene rings is 2. The highest BCUT2D eigenvalue weighted by atomic mass is 19.2. The van der Waals surface area contributed by atoms with Crippen LogP contribution in [0.2, 0.25) is 0 Å². The Labute approximate surface area is 230 Å². The normalized spacial score (nSPS) is 25.4. The number of carbonyl (C=O) groups is 3. The molecule has 11 heteroatoms.